The molecule has 2 saturated carbocycles. The Hall–Kier alpha value is -1.88. The fraction of sp³-hybridized carbons (Fsp3) is 0.556. The summed E-state index contributed by atoms with van der Waals surface area (Å²) in [5.74, 6) is 3.02. The van der Waals surface area contributed by atoms with Gasteiger partial charge in [-0.15, -0.1) is 24.0 Å². The summed E-state index contributed by atoms with van der Waals surface area (Å²) in [6.07, 6.45) is 11.8. The van der Waals surface area contributed by atoms with E-state index in [1.807, 2.05) is 49.7 Å². The molecule has 2 amide bonds. The number of aliphatic imine (C=N–C) groups is 2. The van der Waals surface area contributed by atoms with Crippen LogP contribution in [0.4, 0.5) is 0 Å². The summed E-state index contributed by atoms with van der Waals surface area (Å²) in [7, 11) is 1.83. The van der Waals surface area contributed by atoms with Crippen LogP contribution < -0.4 is 26.7 Å². The van der Waals surface area contributed by atoms with Crippen LogP contribution in [0.3, 0.4) is 0 Å². The average molecular weight is 947 g/mol. The van der Waals surface area contributed by atoms with Gasteiger partial charge in [0.1, 0.15) is 22.7 Å². The van der Waals surface area contributed by atoms with Crippen molar-refractivity contribution in [3.8, 4) is 11.5 Å². The monoisotopic (exact) mass is 944 g/mol. The van der Waals surface area contributed by atoms with Crippen molar-refractivity contribution in [3.63, 3.8) is 0 Å². The Bertz CT molecular complexity index is 1750. The predicted octanol–water partition coefficient (Wildman–Crippen LogP) is 8.17. The van der Waals surface area contributed by atoms with Crippen LogP contribution in [0.1, 0.15) is 89.2 Å². The summed E-state index contributed by atoms with van der Waals surface area (Å²) in [6.45, 7) is 4.46. The molecule has 2 fully saturated rings. The molecule has 272 valence electrons. The lowest BCUT2D eigenvalue weighted by atomic mass is 9.75. The van der Waals surface area contributed by atoms with Crippen molar-refractivity contribution < 1.29 is 19.1 Å². The van der Waals surface area contributed by atoms with Crippen molar-refractivity contribution in [2.45, 2.75) is 100 Å². The van der Waals surface area contributed by atoms with Crippen LogP contribution in [0.15, 0.2) is 55.3 Å². The highest BCUT2D eigenvalue weighted by molar-refractivity contribution is 14.0. The largest absolute Gasteiger partial charge is 0.487 e. The quantitative estimate of drug-likeness (QED) is 0.257. The van der Waals surface area contributed by atoms with Crippen molar-refractivity contribution in [1.29, 1.82) is 0 Å². The lowest BCUT2D eigenvalue weighted by Gasteiger charge is -2.43. The maximum Gasteiger partial charge on any atom is 0.261 e. The number of guanidine groups is 1. The Balaban J connectivity index is 0.000000187. The molecule has 0 saturated heterocycles. The number of rotatable bonds is 2. The highest BCUT2D eigenvalue weighted by atomic mass is 127. The number of likely N-dealkylation sites (N-methyl/N-ethyl adjacent to an activating group) is 1. The van der Waals surface area contributed by atoms with Gasteiger partial charge in [0, 0.05) is 40.0 Å². The Kier molecular flexibility index (Phi) is 11.4. The Morgan fingerprint density at radius 3 is 1.82 bits per heavy atom. The van der Waals surface area contributed by atoms with Crippen molar-refractivity contribution in [2.75, 3.05) is 13.3 Å². The van der Waals surface area contributed by atoms with Gasteiger partial charge in [-0.1, -0.05) is 70.3 Å². The fourth-order valence-corrected chi connectivity index (χ4v) is 10.3. The van der Waals surface area contributed by atoms with Gasteiger partial charge in [-0.2, -0.15) is 0 Å². The average Bonchev–Trinajstić information content (AvgIpc) is 3.79. The number of hydrogen-bond donors (Lipinski definition) is 3. The first-order chi connectivity index (χ1) is 22.9. The fourth-order valence-electron chi connectivity index (χ4n) is 9.02. The zero-order chi connectivity index (χ0) is 34.1. The number of ether oxygens (including phenoxy) is 2. The molecule has 14 heteroatoms. The number of amides is 2. The minimum Gasteiger partial charge on any atom is -0.487 e. The van der Waals surface area contributed by atoms with E-state index >= 15 is 0 Å². The standard InChI is InChI=1S/C19H23BrN2O2S.C17H20BrN3O2.HI.H3N/c1-4-12-7-8-18(10-12)11-19(16(23)22(2)17(21-19)25-3)14-9-13(20)5-6-15(14)24-18;1-2-10-5-6-16(8-10)9-17(14(22)20-15(19)21-17)12-7-11(18)3-4-13(12)23-16;;/h5-6,9,12H,4,7-8,10-11H2,1-3H3;3-4,7,10H,2,5-6,8-9H2,1H3,(H3,19,20,21,22);1H;1H3. The maximum absolute atomic E-state index is 13.3. The van der Waals surface area contributed by atoms with E-state index < -0.39 is 11.1 Å². The Morgan fingerprint density at radius 1 is 0.900 bits per heavy atom. The van der Waals surface area contributed by atoms with Gasteiger partial charge in [-0.25, -0.2) is 9.98 Å². The molecule has 10 nitrogen and oxygen atoms in total. The van der Waals surface area contributed by atoms with E-state index in [0.29, 0.717) is 24.7 Å². The highest BCUT2D eigenvalue weighted by Gasteiger charge is 2.60. The molecule has 8 rings (SSSR count). The Labute approximate surface area is 332 Å². The molecular weight excluding hydrogens is 899 g/mol. The molecular formula is C36H47Br2IN6O4S. The first kappa shape index (κ1) is 39.3. The van der Waals surface area contributed by atoms with Gasteiger partial charge in [-0.3, -0.25) is 19.8 Å². The summed E-state index contributed by atoms with van der Waals surface area (Å²) in [5.41, 5.74) is 5.15. The summed E-state index contributed by atoms with van der Waals surface area (Å²) in [5, 5.41) is 3.48. The van der Waals surface area contributed by atoms with Crippen molar-refractivity contribution in [3.05, 3.63) is 56.5 Å². The number of thioether (sulfide) groups is 1. The third kappa shape index (κ3) is 6.51. The van der Waals surface area contributed by atoms with E-state index in [9.17, 15) is 9.59 Å². The van der Waals surface area contributed by atoms with Crippen molar-refractivity contribution >= 4 is 90.5 Å². The normalized spacial score (nSPS) is 33.0. The molecule has 2 aromatic rings. The number of fused-ring (bicyclic) bond motifs is 4. The molecule has 2 aliphatic carbocycles. The van der Waals surface area contributed by atoms with Gasteiger partial charge in [0.2, 0.25) is 0 Å². The third-order valence-corrected chi connectivity index (χ3v) is 13.1. The van der Waals surface area contributed by atoms with Crippen LogP contribution in [0.25, 0.3) is 0 Å². The minimum atomic E-state index is -0.954. The summed E-state index contributed by atoms with van der Waals surface area (Å²) in [4.78, 5) is 37.3. The maximum atomic E-state index is 13.3. The molecule has 6 atom stereocenters. The van der Waals surface area contributed by atoms with Crippen molar-refractivity contribution in [2.24, 2.45) is 27.6 Å². The second-order valence-electron chi connectivity index (χ2n) is 14.4. The summed E-state index contributed by atoms with van der Waals surface area (Å²) >= 11 is 8.56. The van der Waals surface area contributed by atoms with Crippen LogP contribution >= 0.6 is 67.6 Å². The number of carbonyl (C=O) groups is 2. The molecule has 4 spiro atoms. The summed E-state index contributed by atoms with van der Waals surface area (Å²) in [6, 6.07) is 11.8. The Morgan fingerprint density at radius 2 is 1.40 bits per heavy atom. The van der Waals surface area contributed by atoms with Gasteiger partial charge in [0.05, 0.1) is 0 Å². The van der Waals surface area contributed by atoms with Gasteiger partial charge in [0.25, 0.3) is 11.8 Å². The highest BCUT2D eigenvalue weighted by Crippen LogP contribution is 2.57. The van der Waals surface area contributed by atoms with E-state index in [2.05, 4.69) is 56.0 Å². The number of benzene rings is 2. The zero-order valence-corrected chi connectivity index (χ0v) is 35.3. The second-order valence-corrected chi connectivity index (χ2v) is 17.0. The first-order valence-corrected chi connectivity index (χ1v) is 19.8. The van der Waals surface area contributed by atoms with E-state index in [1.54, 1.807) is 4.90 Å². The van der Waals surface area contributed by atoms with E-state index in [0.717, 1.165) is 75.3 Å². The van der Waals surface area contributed by atoms with Crippen LogP contribution in [-0.2, 0) is 20.7 Å². The lowest BCUT2D eigenvalue weighted by Crippen LogP contribution is -2.50. The molecule has 4 aliphatic heterocycles. The van der Waals surface area contributed by atoms with Crippen molar-refractivity contribution in [1.82, 2.24) is 16.4 Å². The molecule has 0 bridgehead atoms. The third-order valence-electron chi connectivity index (χ3n) is 11.4. The minimum absolute atomic E-state index is 0. The molecule has 6 N–H and O–H groups in total. The van der Waals surface area contributed by atoms with Crippen LogP contribution in [0.5, 0.6) is 11.5 Å². The molecule has 0 aromatic heterocycles. The second kappa shape index (κ2) is 14.5. The lowest BCUT2D eigenvalue weighted by molar-refractivity contribution is -0.134. The number of amidine groups is 1. The first-order valence-electron chi connectivity index (χ1n) is 17.0. The topological polar surface area (TPSA) is 154 Å². The summed E-state index contributed by atoms with van der Waals surface area (Å²) < 4.78 is 14.8. The van der Waals surface area contributed by atoms with Crippen LogP contribution in [0.2, 0.25) is 0 Å². The number of carbonyl (C=O) groups excluding carboxylic acids is 2. The molecule has 0 radical (unpaired) electrons. The van der Waals surface area contributed by atoms with E-state index in [-0.39, 0.29) is 59.1 Å². The van der Waals surface area contributed by atoms with E-state index in [4.69, 9.17) is 20.2 Å². The number of nitrogens with one attached hydrogen (secondary N) is 1. The molecule has 50 heavy (non-hydrogen) atoms. The zero-order valence-electron chi connectivity index (χ0n) is 29.0. The number of nitrogens with zero attached hydrogens (tertiary/aromatic N) is 3. The molecule has 2 aromatic carbocycles. The van der Waals surface area contributed by atoms with E-state index in [1.165, 1.54) is 24.6 Å². The molecule has 6 unspecified atom stereocenters. The molecule has 6 aliphatic rings. The van der Waals surface area contributed by atoms with Gasteiger partial charge in [-0.05, 0) is 93.0 Å². The van der Waals surface area contributed by atoms with Crippen LogP contribution in [0, 0.1) is 11.8 Å². The number of halogens is 3. The van der Waals surface area contributed by atoms with Gasteiger partial charge in [0.15, 0.2) is 22.2 Å². The van der Waals surface area contributed by atoms with Crippen LogP contribution in [-0.4, -0.2) is 52.3 Å². The molecule has 4 heterocycles. The number of hydrogen-bond acceptors (Lipinski definition) is 9. The predicted molar refractivity (Wildman–Crippen MR) is 217 cm³/mol. The number of nitrogens with two attached hydrogens (primary N) is 1. The SMILES string of the molecule is CCC1CCC2(C1)CC1(N=C(N)NC1=O)c1cc(Br)ccc1O2.CCC1CCC2(C1)CC1(N=C(SC)N(C)C1=O)c1cc(Br)ccc1O2.I.N. The smallest absolute Gasteiger partial charge is 0.261 e. The van der Waals surface area contributed by atoms with Gasteiger partial charge >= 0.3 is 0 Å². The van der Waals surface area contributed by atoms with Gasteiger partial charge < -0.3 is 21.4 Å².